The van der Waals surface area contributed by atoms with Crippen LogP contribution in [0.25, 0.3) is 11.1 Å². The van der Waals surface area contributed by atoms with Crippen LogP contribution in [0, 0.1) is 13.8 Å². The van der Waals surface area contributed by atoms with Crippen molar-refractivity contribution in [3.05, 3.63) is 76.9 Å². The van der Waals surface area contributed by atoms with Gasteiger partial charge in [0.25, 0.3) is 0 Å². The van der Waals surface area contributed by atoms with Crippen molar-refractivity contribution < 1.29 is 33.3 Å². The van der Waals surface area contributed by atoms with Gasteiger partial charge < -0.3 is 28.6 Å². The highest BCUT2D eigenvalue weighted by Gasteiger charge is 2.31. The van der Waals surface area contributed by atoms with Gasteiger partial charge in [-0.3, -0.25) is 4.79 Å². The lowest BCUT2D eigenvalue weighted by atomic mass is 9.94. The van der Waals surface area contributed by atoms with Crippen molar-refractivity contribution in [1.29, 1.82) is 0 Å². The number of likely N-dealkylation sites (tertiary alicyclic amines) is 1. The lowest BCUT2D eigenvalue weighted by Gasteiger charge is -2.24. The summed E-state index contributed by atoms with van der Waals surface area (Å²) in [5.41, 5.74) is 6.06. The van der Waals surface area contributed by atoms with Crippen LogP contribution < -0.4 is 14.2 Å². The van der Waals surface area contributed by atoms with Crippen molar-refractivity contribution in [3.8, 4) is 28.4 Å². The summed E-state index contributed by atoms with van der Waals surface area (Å²) in [7, 11) is 1.40. The highest BCUT2D eigenvalue weighted by Crippen LogP contribution is 2.39. The Bertz CT molecular complexity index is 1470. The molecule has 3 aromatic rings. The summed E-state index contributed by atoms with van der Waals surface area (Å²) in [6.07, 6.45) is 0.710. The fraction of sp³-hybridized carbons (Fsp3) is 0.429. The van der Waals surface area contributed by atoms with Gasteiger partial charge in [0, 0.05) is 30.5 Å². The van der Waals surface area contributed by atoms with Crippen LogP contribution in [-0.2, 0) is 20.9 Å². The Kier molecular flexibility index (Phi) is 8.85. The Balaban J connectivity index is 1.21. The van der Waals surface area contributed by atoms with Crippen LogP contribution in [0.4, 0.5) is 4.79 Å². The monoisotopic (exact) mass is 587 g/mol. The molecule has 1 fully saturated rings. The Morgan fingerprint density at radius 1 is 1.00 bits per heavy atom. The average molecular weight is 588 g/mol. The zero-order chi connectivity index (χ0) is 30.7. The molecule has 0 bridgehead atoms. The van der Waals surface area contributed by atoms with Gasteiger partial charge in [0.1, 0.15) is 35.6 Å². The zero-order valence-corrected chi connectivity index (χ0v) is 25.9. The summed E-state index contributed by atoms with van der Waals surface area (Å²) in [5, 5.41) is 0. The van der Waals surface area contributed by atoms with E-state index in [-0.39, 0.29) is 24.1 Å². The van der Waals surface area contributed by atoms with E-state index in [0.717, 1.165) is 45.7 Å². The maximum absolute atomic E-state index is 12.4. The van der Waals surface area contributed by atoms with Crippen molar-refractivity contribution in [2.24, 2.45) is 0 Å². The second kappa shape index (κ2) is 12.6. The number of ether oxygens (including phenoxy) is 5. The maximum atomic E-state index is 12.4. The molecule has 0 radical (unpaired) electrons. The molecule has 0 spiro atoms. The Hall–Kier alpha value is -4.20. The van der Waals surface area contributed by atoms with E-state index in [1.54, 1.807) is 4.90 Å². The first-order valence-electron chi connectivity index (χ1n) is 14.8. The van der Waals surface area contributed by atoms with Crippen molar-refractivity contribution in [1.82, 2.24) is 4.90 Å². The molecule has 0 N–H and O–H groups in total. The molecule has 5 rings (SSSR count). The Labute approximate surface area is 253 Å². The number of amides is 1. The number of aryl methyl sites for hydroxylation is 2. The molecule has 0 aromatic heterocycles. The molecule has 8 nitrogen and oxygen atoms in total. The van der Waals surface area contributed by atoms with Crippen LogP contribution in [0.5, 0.6) is 17.2 Å². The highest BCUT2D eigenvalue weighted by molar-refractivity contribution is 5.73. The van der Waals surface area contributed by atoms with Gasteiger partial charge in [-0.15, -0.1) is 0 Å². The molecule has 228 valence electrons. The van der Waals surface area contributed by atoms with Crippen LogP contribution in [-0.4, -0.2) is 55.5 Å². The van der Waals surface area contributed by atoms with Crippen LogP contribution in [0.1, 0.15) is 61.8 Å². The third-order valence-corrected chi connectivity index (χ3v) is 7.73. The molecule has 2 heterocycles. The van der Waals surface area contributed by atoms with E-state index in [1.807, 2.05) is 45.0 Å². The van der Waals surface area contributed by atoms with Crippen molar-refractivity contribution in [3.63, 3.8) is 0 Å². The quantitative estimate of drug-likeness (QED) is 0.263. The number of methoxy groups -OCH3 is 1. The second-order valence-electron chi connectivity index (χ2n) is 12.4. The van der Waals surface area contributed by atoms with Gasteiger partial charge in [0.05, 0.1) is 26.7 Å². The number of carbonyl (C=O) groups is 2. The molecule has 0 saturated carbocycles. The van der Waals surface area contributed by atoms with Crippen molar-refractivity contribution in [2.45, 2.75) is 71.7 Å². The van der Waals surface area contributed by atoms with Gasteiger partial charge in [-0.1, -0.05) is 24.3 Å². The topological polar surface area (TPSA) is 83.5 Å². The Morgan fingerprint density at radius 2 is 1.77 bits per heavy atom. The first-order valence-corrected chi connectivity index (χ1v) is 14.8. The number of carbonyl (C=O) groups excluding carboxylic acids is 2. The Morgan fingerprint density at radius 3 is 2.49 bits per heavy atom. The molecule has 2 atom stereocenters. The summed E-state index contributed by atoms with van der Waals surface area (Å²) >= 11 is 0. The number of esters is 1. The summed E-state index contributed by atoms with van der Waals surface area (Å²) in [4.78, 5) is 25.9. The van der Waals surface area contributed by atoms with Gasteiger partial charge in [-0.25, -0.2) is 4.79 Å². The van der Waals surface area contributed by atoms with Crippen LogP contribution in [0.15, 0.2) is 54.6 Å². The van der Waals surface area contributed by atoms with E-state index in [0.29, 0.717) is 38.5 Å². The lowest BCUT2D eigenvalue weighted by molar-refractivity contribution is -0.141. The number of hydrogen-bond acceptors (Lipinski definition) is 7. The van der Waals surface area contributed by atoms with Gasteiger partial charge >= 0.3 is 12.1 Å². The van der Waals surface area contributed by atoms with Gasteiger partial charge in [-0.05, 0) is 86.7 Å². The summed E-state index contributed by atoms with van der Waals surface area (Å²) in [6.45, 7) is 11.8. The first-order chi connectivity index (χ1) is 20.5. The normalized spacial score (nSPS) is 17.7. The maximum Gasteiger partial charge on any atom is 0.410 e. The van der Waals surface area contributed by atoms with E-state index < -0.39 is 5.60 Å². The SMILES string of the molecule is COC(=O)CC1COc2cc(OCc3cccc(-c4c(C)cc(OC5CCN(C(=O)OC(C)(C)C)C5)cc4C)c3)ccc21. The molecule has 0 aliphatic carbocycles. The molecular weight excluding hydrogens is 546 g/mol. The van der Waals surface area contributed by atoms with Crippen LogP contribution in [0.3, 0.4) is 0 Å². The summed E-state index contributed by atoms with van der Waals surface area (Å²) in [5.74, 6) is 2.04. The largest absolute Gasteiger partial charge is 0.492 e. The molecule has 1 saturated heterocycles. The van der Waals surface area contributed by atoms with E-state index in [4.69, 9.17) is 23.7 Å². The van der Waals surface area contributed by atoms with E-state index in [1.165, 1.54) is 12.7 Å². The third kappa shape index (κ3) is 7.42. The van der Waals surface area contributed by atoms with Crippen molar-refractivity contribution in [2.75, 3.05) is 26.8 Å². The number of fused-ring (bicyclic) bond motifs is 1. The molecule has 3 aromatic carbocycles. The molecule has 8 heteroatoms. The molecule has 2 unspecified atom stereocenters. The molecule has 43 heavy (non-hydrogen) atoms. The van der Waals surface area contributed by atoms with Crippen LogP contribution in [0.2, 0.25) is 0 Å². The average Bonchev–Trinajstić information content (AvgIpc) is 3.58. The summed E-state index contributed by atoms with van der Waals surface area (Å²) < 4.78 is 28.6. The molecule has 2 aliphatic rings. The molecule has 1 amide bonds. The first kappa shape index (κ1) is 30.3. The number of hydrogen-bond donors (Lipinski definition) is 0. The van der Waals surface area contributed by atoms with Gasteiger partial charge in [-0.2, -0.15) is 0 Å². The molecular formula is C35H41NO7. The van der Waals surface area contributed by atoms with Crippen LogP contribution >= 0.6 is 0 Å². The number of benzene rings is 3. The van der Waals surface area contributed by atoms with Gasteiger partial charge in [0.2, 0.25) is 0 Å². The second-order valence-corrected chi connectivity index (χ2v) is 12.4. The fourth-order valence-corrected chi connectivity index (χ4v) is 5.74. The van der Waals surface area contributed by atoms with E-state index >= 15 is 0 Å². The minimum Gasteiger partial charge on any atom is -0.492 e. The third-order valence-electron chi connectivity index (χ3n) is 7.73. The lowest BCUT2D eigenvalue weighted by Crippen LogP contribution is -2.36. The van der Waals surface area contributed by atoms with Crippen molar-refractivity contribution >= 4 is 12.1 Å². The number of nitrogens with zero attached hydrogens (tertiary/aromatic N) is 1. The molecule has 2 aliphatic heterocycles. The summed E-state index contributed by atoms with van der Waals surface area (Å²) in [6, 6.07) is 18.3. The predicted octanol–water partition coefficient (Wildman–Crippen LogP) is 6.98. The number of rotatable bonds is 8. The minimum atomic E-state index is -0.516. The van der Waals surface area contributed by atoms with E-state index in [9.17, 15) is 9.59 Å². The van der Waals surface area contributed by atoms with Gasteiger partial charge in [0.15, 0.2) is 0 Å². The predicted molar refractivity (Wildman–Crippen MR) is 164 cm³/mol. The van der Waals surface area contributed by atoms with E-state index in [2.05, 4.69) is 44.2 Å². The smallest absolute Gasteiger partial charge is 0.410 e. The fourth-order valence-electron chi connectivity index (χ4n) is 5.74. The minimum absolute atomic E-state index is 0.00143. The zero-order valence-electron chi connectivity index (χ0n) is 25.9. The standard InChI is InChI=1S/C35H41NO7/c1-22-14-29(42-28-12-13-36(19-28)34(38)43-35(3,4)5)15-23(2)33(22)25-9-7-8-24(16-25)20-40-27-10-11-30-26(17-32(37)39-6)21-41-31(30)18-27/h7-11,14-16,18,26,28H,12-13,17,19-21H2,1-6H3. The highest BCUT2D eigenvalue weighted by atomic mass is 16.6.